The van der Waals surface area contributed by atoms with Gasteiger partial charge < -0.3 is 5.32 Å². The third-order valence-electron chi connectivity index (χ3n) is 4.75. The summed E-state index contributed by atoms with van der Waals surface area (Å²) >= 11 is 1.56. The van der Waals surface area contributed by atoms with Crippen LogP contribution in [0.5, 0.6) is 0 Å². The maximum Gasteiger partial charge on any atom is 0.231 e. The number of benzene rings is 2. The van der Waals surface area contributed by atoms with Crippen molar-refractivity contribution in [3.63, 3.8) is 0 Å². The number of nitrogens with one attached hydrogen (secondary N) is 1. The van der Waals surface area contributed by atoms with Crippen LogP contribution in [-0.2, 0) is 24.3 Å². The summed E-state index contributed by atoms with van der Waals surface area (Å²) in [5.41, 5.74) is 5.43. The van der Waals surface area contributed by atoms with Crippen molar-refractivity contribution in [2.75, 3.05) is 11.9 Å². The number of carbonyl (C=O) groups excluding carboxylic acids is 1. The first-order valence-corrected chi connectivity index (χ1v) is 11.0. The van der Waals surface area contributed by atoms with Gasteiger partial charge in [-0.3, -0.25) is 9.69 Å². The first-order valence-electron chi connectivity index (χ1n) is 10.1. The Morgan fingerprint density at radius 1 is 1.10 bits per heavy atom. The molecule has 0 bridgehead atoms. The van der Waals surface area contributed by atoms with Crippen LogP contribution in [0.4, 0.5) is 5.69 Å². The summed E-state index contributed by atoms with van der Waals surface area (Å²) in [5.74, 6) is -0.0192. The van der Waals surface area contributed by atoms with Gasteiger partial charge in [0.15, 0.2) is 0 Å². The van der Waals surface area contributed by atoms with Crippen LogP contribution in [0.1, 0.15) is 40.7 Å². The van der Waals surface area contributed by atoms with Crippen molar-refractivity contribution in [2.45, 2.75) is 46.7 Å². The van der Waals surface area contributed by atoms with Crippen LogP contribution < -0.4 is 5.32 Å². The van der Waals surface area contributed by atoms with Crippen LogP contribution >= 0.6 is 11.3 Å². The summed E-state index contributed by atoms with van der Waals surface area (Å²) in [6, 6.07) is 16.6. The predicted molar refractivity (Wildman–Crippen MR) is 121 cm³/mol. The largest absolute Gasteiger partial charge is 0.325 e. The molecule has 1 N–H and O–H groups in total. The van der Waals surface area contributed by atoms with Crippen LogP contribution in [0.25, 0.3) is 0 Å². The summed E-state index contributed by atoms with van der Waals surface area (Å²) in [4.78, 5) is 19.6. The predicted octanol–water partition coefficient (Wildman–Crippen LogP) is 5.35. The lowest BCUT2D eigenvalue weighted by molar-refractivity contribution is -0.115. The molecule has 2 aromatic carbocycles. The number of nitrogens with zero attached hydrogens (tertiary/aromatic N) is 2. The van der Waals surface area contributed by atoms with Crippen LogP contribution in [0, 0.1) is 13.8 Å². The maximum atomic E-state index is 12.5. The highest BCUT2D eigenvalue weighted by atomic mass is 32.1. The van der Waals surface area contributed by atoms with E-state index in [0.29, 0.717) is 6.42 Å². The fourth-order valence-corrected chi connectivity index (χ4v) is 4.09. The van der Waals surface area contributed by atoms with E-state index in [4.69, 9.17) is 4.98 Å². The highest BCUT2D eigenvalue weighted by Gasteiger charge is 2.12. The van der Waals surface area contributed by atoms with Crippen LogP contribution in [-0.4, -0.2) is 22.3 Å². The minimum absolute atomic E-state index is 0.0192. The van der Waals surface area contributed by atoms with E-state index in [-0.39, 0.29) is 5.91 Å². The van der Waals surface area contributed by atoms with Crippen LogP contribution in [0.2, 0.25) is 0 Å². The van der Waals surface area contributed by atoms with E-state index < -0.39 is 0 Å². The Hall–Kier alpha value is -2.50. The number of anilines is 1. The second-order valence-electron chi connectivity index (χ2n) is 7.47. The smallest absolute Gasteiger partial charge is 0.231 e. The van der Waals surface area contributed by atoms with Gasteiger partial charge in [0, 0.05) is 24.2 Å². The summed E-state index contributed by atoms with van der Waals surface area (Å²) in [6.45, 7) is 8.97. The zero-order valence-corrected chi connectivity index (χ0v) is 18.3. The first kappa shape index (κ1) is 21.2. The van der Waals surface area contributed by atoms with E-state index in [0.717, 1.165) is 53.6 Å². The van der Waals surface area contributed by atoms with E-state index in [1.807, 2.05) is 32.0 Å². The van der Waals surface area contributed by atoms with Gasteiger partial charge in [-0.25, -0.2) is 4.98 Å². The topological polar surface area (TPSA) is 45.2 Å². The monoisotopic (exact) mass is 407 g/mol. The highest BCUT2D eigenvalue weighted by molar-refractivity contribution is 7.09. The molecule has 0 aliphatic carbocycles. The van der Waals surface area contributed by atoms with E-state index in [1.165, 1.54) is 5.56 Å². The van der Waals surface area contributed by atoms with Gasteiger partial charge in [-0.05, 0) is 49.6 Å². The Bertz CT molecular complexity index is 936. The fourth-order valence-electron chi connectivity index (χ4n) is 3.31. The SMILES string of the molecule is CCCN(Cc1ccccc1)Cc1csc(CC(=O)Nc2cc(C)ccc2C)n1. The van der Waals surface area contributed by atoms with Crippen molar-refractivity contribution < 1.29 is 4.79 Å². The van der Waals surface area contributed by atoms with E-state index in [9.17, 15) is 4.79 Å². The average molecular weight is 408 g/mol. The van der Waals surface area contributed by atoms with Crippen molar-refractivity contribution in [1.82, 2.24) is 9.88 Å². The van der Waals surface area contributed by atoms with Gasteiger partial charge in [-0.2, -0.15) is 0 Å². The Morgan fingerprint density at radius 3 is 2.66 bits per heavy atom. The minimum atomic E-state index is -0.0192. The van der Waals surface area contributed by atoms with Crippen LogP contribution in [0.3, 0.4) is 0 Å². The zero-order chi connectivity index (χ0) is 20.6. The molecule has 29 heavy (non-hydrogen) atoms. The summed E-state index contributed by atoms with van der Waals surface area (Å²) < 4.78 is 0. The van der Waals surface area contributed by atoms with Gasteiger partial charge in [-0.15, -0.1) is 11.3 Å². The third-order valence-corrected chi connectivity index (χ3v) is 5.65. The van der Waals surface area contributed by atoms with Gasteiger partial charge in [0.2, 0.25) is 5.91 Å². The molecule has 3 aromatic rings. The number of rotatable bonds is 9. The Kier molecular flexibility index (Phi) is 7.55. The quantitative estimate of drug-likeness (QED) is 0.520. The average Bonchev–Trinajstić information content (AvgIpc) is 3.12. The number of amides is 1. The molecule has 4 nitrogen and oxygen atoms in total. The highest BCUT2D eigenvalue weighted by Crippen LogP contribution is 2.18. The number of thiazole rings is 1. The lowest BCUT2D eigenvalue weighted by Gasteiger charge is -2.20. The number of hydrogen-bond donors (Lipinski definition) is 1. The van der Waals surface area contributed by atoms with Crippen molar-refractivity contribution in [3.8, 4) is 0 Å². The number of carbonyl (C=O) groups is 1. The fraction of sp³-hybridized carbons (Fsp3) is 0.333. The van der Waals surface area contributed by atoms with Crippen molar-refractivity contribution >= 4 is 22.9 Å². The molecule has 0 saturated carbocycles. The van der Waals surface area contributed by atoms with E-state index in [2.05, 4.69) is 52.9 Å². The molecule has 1 amide bonds. The lowest BCUT2D eigenvalue weighted by Crippen LogP contribution is -2.23. The molecule has 5 heteroatoms. The molecule has 1 aromatic heterocycles. The summed E-state index contributed by atoms with van der Waals surface area (Å²) in [7, 11) is 0. The number of hydrogen-bond acceptors (Lipinski definition) is 4. The van der Waals surface area contributed by atoms with Gasteiger partial charge in [0.05, 0.1) is 12.1 Å². The molecule has 0 aliphatic rings. The molecule has 0 aliphatic heterocycles. The molecule has 0 radical (unpaired) electrons. The van der Waals surface area contributed by atoms with Crippen LogP contribution in [0.15, 0.2) is 53.9 Å². The number of aryl methyl sites for hydroxylation is 2. The minimum Gasteiger partial charge on any atom is -0.325 e. The Morgan fingerprint density at radius 2 is 1.90 bits per heavy atom. The molecule has 3 rings (SSSR count). The lowest BCUT2D eigenvalue weighted by atomic mass is 10.1. The Labute approximate surface area is 177 Å². The molecule has 152 valence electrons. The zero-order valence-electron chi connectivity index (χ0n) is 17.4. The molecule has 0 saturated heterocycles. The second-order valence-corrected chi connectivity index (χ2v) is 8.41. The van der Waals surface area contributed by atoms with Gasteiger partial charge in [-0.1, -0.05) is 49.4 Å². The van der Waals surface area contributed by atoms with Gasteiger partial charge in [0.1, 0.15) is 5.01 Å². The molecule has 0 unspecified atom stereocenters. The van der Waals surface area contributed by atoms with Crippen molar-refractivity contribution in [2.24, 2.45) is 0 Å². The summed E-state index contributed by atoms with van der Waals surface area (Å²) in [5, 5.41) is 5.96. The van der Waals surface area contributed by atoms with Gasteiger partial charge in [0.25, 0.3) is 0 Å². The van der Waals surface area contributed by atoms with Crippen molar-refractivity contribution in [1.29, 1.82) is 0 Å². The van der Waals surface area contributed by atoms with Gasteiger partial charge >= 0.3 is 0 Å². The van der Waals surface area contributed by atoms with Crippen molar-refractivity contribution in [3.05, 3.63) is 81.3 Å². The summed E-state index contributed by atoms with van der Waals surface area (Å²) in [6.07, 6.45) is 1.41. The molecular formula is C24H29N3OS. The standard InChI is InChI=1S/C24H29N3OS/c1-4-12-27(15-20-8-6-5-7-9-20)16-21-17-29-24(25-21)14-23(28)26-22-13-18(2)10-11-19(22)3/h5-11,13,17H,4,12,14-16H2,1-3H3,(H,26,28). The van der Waals surface area contributed by atoms with E-state index in [1.54, 1.807) is 11.3 Å². The third kappa shape index (κ3) is 6.51. The molecule has 0 atom stereocenters. The van der Waals surface area contributed by atoms with E-state index >= 15 is 0 Å². The first-order chi connectivity index (χ1) is 14.0. The normalized spacial score (nSPS) is 11.0. The molecule has 0 fully saturated rings. The molecule has 0 spiro atoms. The molecule has 1 heterocycles. The second kappa shape index (κ2) is 10.3. The Balaban J connectivity index is 1.58. The molecular weight excluding hydrogens is 378 g/mol. The number of aromatic nitrogens is 1. The maximum absolute atomic E-state index is 12.5.